The highest BCUT2D eigenvalue weighted by molar-refractivity contribution is 5.83. The Morgan fingerprint density at radius 3 is 2.55 bits per heavy atom. The van der Waals surface area contributed by atoms with Gasteiger partial charge in [-0.05, 0) is 18.8 Å². The number of aliphatic carboxylic acids is 1. The number of nitrogens with zero attached hydrogens (tertiary/aromatic N) is 1. The van der Waals surface area contributed by atoms with Crippen LogP contribution in [-0.4, -0.2) is 54.2 Å². The van der Waals surface area contributed by atoms with Gasteiger partial charge < -0.3 is 20.1 Å². The third-order valence-corrected chi connectivity index (χ3v) is 3.31. The summed E-state index contributed by atoms with van der Waals surface area (Å²) in [6.07, 6.45) is 0.914. The van der Waals surface area contributed by atoms with Gasteiger partial charge in [-0.3, -0.25) is 4.79 Å². The minimum absolute atomic E-state index is 0.165. The molecule has 7 nitrogen and oxygen atoms in total. The second-order valence-corrected chi connectivity index (χ2v) is 5.42. The summed E-state index contributed by atoms with van der Waals surface area (Å²) < 4.78 is 4.64. The number of carbonyl (C=O) groups excluding carboxylic acids is 2. The van der Waals surface area contributed by atoms with Crippen molar-refractivity contribution >= 4 is 18.0 Å². The van der Waals surface area contributed by atoms with Gasteiger partial charge in [0.1, 0.15) is 6.04 Å². The number of ether oxygens (including phenoxy) is 1. The van der Waals surface area contributed by atoms with Gasteiger partial charge >= 0.3 is 18.0 Å². The number of hydrogen-bond donors (Lipinski definition) is 2. The Kier molecular flexibility index (Phi) is 5.79. The number of urea groups is 1. The highest BCUT2D eigenvalue weighted by Crippen LogP contribution is 2.17. The molecule has 0 saturated carbocycles. The van der Waals surface area contributed by atoms with Crippen LogP contribution in [0.1, 0.15) is 26.7 Å². The predicted octanol–water partition coefficient (Wildman–Crippen LogP) is 0.690. The first-order valence-corrected chi connectivity index (χ1v) is 6.71. The van der Waals surface area contributed by atoms with Crippen molar-refractivity contribution in [2.45, 2.75) is 32.7 Å². The van der Waals surface area contributed by atoms with E-state index in [0.717, 1.165) is 0 Å². The molecule has 0 bridgehead atoms. The first kappa shape index (κ1) is 16.3. The Labute approximate surface area is 118 Å². The lowest BCUT2D eigenvalue weighted by Crippen LogP contribution is -2.47. The summed E-state index contributed by atoms with van der Waals surface area (Å²) in [5.41, 5.74) is 0. The Morgan fingerprint density at radius 1 is 1.40 bits per heavy atom. The molecule has 2 N–H and O–H groups in total. The fourth-order valence-corrected chi connectivity index (χ4v) is 2.24. The van der Waals surface area contributed by atoms with Crippen LogP contribution in [0, 0.1) is 11.8 Å². The van der Waals surface area contributed by atoms with Crippen LogP contribution in [0.3, 0.4) is 0 Å². The molecule has 114 valence electrons. The molecule has 1 rings (SSSR count). The quantitative estimate of drug-likeness (QED) is 0.725. The highest BCUT2D eigenvalue weighted by Gasteiger charge is 2.33. The van der Waals surface area contributed by atoms with Crippen molar-refractivity contribution < 1.29 is 24.2 Å². The Hall–Kier alpha value is -1.79. The second-order valence-electron chi connectivity index (χ2n) is 5.42. The topological polar surface area (TPSA) is 95.9 Å². The molecular formula is C13H22N2O5. The van der Waals surface area contributed by atoms with Gasteiger partial charge in [-0.2, -0.15) is 0 Å². The largest absolute Gasteiger partial charge is 0.480 e. The fraction of sp³-hybridized carbons (Fsp3) is 0.769. The number of hydrogen-bond acceptors (Lipinski definition) is 4. The first-order valence-electron chi connectivity index (χ1n) is 6.71. The van der Waals surface area contributed by atoms with E-state index < -0.39 is 18.0 Å². The summed E-state index contributed by atoms with van der Waals surface area (Å²) in [6, 6.07) is -1.34. The van der Waals surface area contributed by atoms with Gasteiger partial charge in [0.05, 0.1) is 13.0 Å². The molecule has 0 aliphatic carbocycles. The molecule has 0 radical (unpaired) electrons. The maximum Gasteiger partial charge on any atom is 0.326 e. The van der Waals surface area contributed by atoms with Gasteiger partial charge in [0.15, 0.2) is 0 Å². The molecular weight excluding hydrogens is 264 g/mol. The van der Waals surface area contributed by atoms with E-state index in [2.05, 4.69) is 10.1 Å². The standard InChI is InChI=1S/C13H22N2O5/c1-8(2)6-10(11(16)17)14-13(19)15-5-4-9(7-15)12(18)20-3/h8-10H,4-7H2,1-3H3,(H,14,19)(H,16,17)/t9?,10-/m1/s1. The summed E-state index contributed by atoms with van der Waals surface area (Å²) in [4.78, 5) is 35.9. The first-order chi connectivity index (χ1) is 9.35. The third-order valence-electron chi connectivity index (χ3n) is 3.31. The molecule has 1 heterocycles. The lowest BCUT2D eigenvalue weighted by Gasteiger charge is -2.21. The van der Waals surface area contributed by atoms with Crippen molar-refractivity contribution in [3.8, 4) is 0 Å². The number of rotatable bonds is 5. The number of carboxylic acids is 1. The van der Waals surface area contributed by atoms with Gasteiger partial charge in [0.2, 0.25) is 0 Å². The number of likely N-dealkylation sites (tertiary alicyclic amines) is 1. The zero-order valence-electron chi connectivity index (χ0n) is 12.1. The fourth-order valence-electron chi connectivity index (χ4n) is 2.24. The number of carbonyl (C=O) groups is 3. The Bertz CT molecular complexity index is 383. The molecule has 0 aromatic rings. The van der Waals surface area contributed by atoms with Gasteiger partial charge in [0, 0.05) is 13.1 Å². The highest BCUT2D eigenvalue weighted by atomic mass is 16.5. The second kappa shape index (κ2) is 7.12. The molecule has 0 aromatic carbocycles. The summed E-state index contributed by atoms with van der Waals surface area (Å²) in [5.74, 6) is -1.54. The van der Waals surface area contributed by atoms with Crippen molar-refractivity contribution in [3.05, 3.63) is 0 Å². The average molecular weight is 286 g/mol. The van der Waals surface area contributed by atoms with Crippen LogP contribution < -0.4 is 5.32 Å². The molecule has 2 amide bonds. The maximum absolute atomic E-state index is 12.0. The van der Waals surface area contributed by atoms with Crippen molar-refractivity contribution in [1.29, 1.82) is 0 Å². The van der Waals surface area contributed by atoms with Gasteiger partial charge in [0.25, 0.3) is 0 Å². The van der Waals surface area contributed by atoms with Crippen LogP contribution >= 0.6 is 0 Å². The van der Waals surface area contributed by atoms with Gasteiger partial charge in [-0.1, -0.05) is 13.8 Å². The van der Waals surface area contributed by atoms with Crippen molar-refractivity contribution in [2.24, 2.45) is 11.8 Å². The van der Waals surface area contributed by atoms with Crippen molar-refractivity contribution in [3.63, 3.8) is 0 Å². The molecule has 7 heteroatoms. The number of nitrogens with one attached hydrogen (secondary N) is 1. The van der Waals surface area contributed by atoms with E-state index in [-0.39, 0.29) is 24.3 Å². The van der Waals surface area contributed by atoms with Crippen LogP contribution in [0.5, 0.6) is 0 Å². The lowest BCUT2D eigenvalue weighted by molar-refractivity contribution is -0.145. The van der Waals surface area contributed by atoms with E-state index in [4.69, 9.17) is 5.11 Å². The minimum Gasteiger partial charge on any atom is -0.480 e. The number of carboxylic acid groups (broad SMARTS) is 1. The summed E-state index contributed by atoms with van der Waals surface area (Å²) in [7, 11) is 1.31. The number of amides is 2. The molecule has 20 heavy (non-hydrogen) atoms. The molecule has 1 aliphatic heterocycles. The molecule has 1 saturated heterocycles. The number of methoxy groups -OCH3 is 1. The zero-order valence-corrected chi connectivity index (χ0v) is 12.1. The lowest BCUT2D eigenvalue weighted by atomic mass is 10.0. The van der Waals surface area contributed by atoms with E-state index in [1.807, 2.05) is 13.8 Å². The van der Waals surface area contributed by atoms with E-state index in [9.17, 15) is 14.4 Å². The monoisotopic (exact) mass is 286 g/mol. The summed E-state index contributed by atoms with van der Waals surface area (Å²) >= 11 is 0. The number of esters is 1. The smallest absolute Gasteiger partial charge is 0.326 e. The molecule has 0 aromatic heterocycles. The van der Waals surface area contributed by atoms with E-state index in [0.29, 0.717) is 19.4 Å². The summed E-state index contributed by atoms with van der Waals surface area (Å²) in [6.45, 7) is 4.49. The average Bonchev–Trinajstić information content (AvgIpc) is 2.85. The van der Waals surface area contributed by atoms with Crippen LogP contribution in [0.25, 0.3) is 0 Å². The molecule has 1 unspecified atom stereocenters. The van der Waals surface area contributed by atoms with Crippen molar-refractivity contribution in [1.82, 2.24) is 10.2 Å². The molecule has 0 spiro atoms. The zero-order chi connectivity index (χ0) is 15.3. The van der Waals surface area contributed by atoms with Gasteiger partial charge in [-0.15, -0.1) is 0 Å². The normalized spacial score (nSPS) is 19.8. The van der Waals surface area contributed by atoms with E-state index in [1.54, 1.807) is 0 Å². The van der Waals surface area contributed by atoms with Crippen LogP contribution in [0.15, 0.2) is 0 Å². The molecule has 1 fully saturated rings. The summed E-state index contributed by atoms with van der Waals surface area (Å²) in [5, 5.41) is 11.6. The molecule has 1 aliphatic rings. The SMILES string of the molecule is COC(=O)C1CCN(C(=O)N[C@H](CC(C)C)C(=O)O)C1. The van der Waals surface area contributed by atoms with Crippen LogP contribution in [-0.2, 0) is 14.3 Å². The molecule has 2 atom stereocenters. The minimum atomic E-state index is -1.05. The van der Waals surface area contributed by atoms with Crippen LogP contribution in [0.2, 0.25) is 0 Å². The van der Waals surface area contributed by atoms with Crippen molar-refractivity contribution in [2.75, 3.05) is 20.2 Å². The predicted molar refractivity (Wildman–Crippen MR) is 71.1 cm³/mol. The third kappa shape index (κ3) is 4.40. The maximum atomic E-state index is 12.0. The van der Waals surface area contributed by atoms with Gasteiger partial charge in [-0.25, -0.2) is 9.59 Å². The van der Waals surface area contributed by atoms with E-state index >= 15 is 0 Å². The Balaban J connectivity index is 2.54. The van der Waals surface area contributed by atoms with Crippen LogP contribution in [0.4, 0.5) is 4.79 Å². The van der Waals surface area contributed by atoms with E-state index in [1.165, 1.54) is 12.0 Å². The Morgan fingerprint density at radius 2 is 2.05 bits per heavy atom.